The van der Waals surface area contributed by atoms with Crippen LogP contribution in [0.15, 0.2) is 35.1 Å². The molecule has 1 amide bonds. The van der Waals surface area contributed by atoms with E-state index in [-0.39, 0.29) is 11.5 Å². The SMILES string of the molecule is COCCNC(=O)c1cc(=O)n2c(nc3ccccc32)s1. The molecule has 0 spiro atoms. The number of benzene rings is 1. The quantitative estimate of drug-likeness (QED) is 0.737. The van der Waals surface area contributed by atoms with Gasteiger partial charge in [-0.1, -0.05) is 23.5 Å². The van der Waals surface area contributed by atoms with Gasteiger partial charge in [0.25, 0.3) is 11.5 Å². The number of carbonyl (C=O) groups is 1. The second-order valence-electron chi connectivity index (χ2n) is 4.42. The van der Waals surface area contributed by atoms with Gasteiger partial charge >= 0.3 is 0 Å². The van der Waals surface area contributed by atoms with Crippen LogP contribution in [0, 0.1) is 0 Å². The molecule has 0 aliphatic rings. The number of aromatic nitrogens is 2. The van der Waals surface area contributed by atoms with Crippen molar-refractivity contribution in [3.8, 4) is 0 Å². The molecule has 0 unspecified atom stereocenters. The van der Waals surface area contributed by atoms with Crippen molar-refractivity contribution < 1.29 is 9.53 Å². The largest absolute Gasteiger partial charge is 0.383 e. The molecule has 108 valence electrons. The Labute approximate surface area is 124 Å². The second kappa shape index (κ2) is 5.63. The molecule has 7 heteroatoms. The van der Waals surface area contributed by atoms with Crippen LogP contribution in [0.2, 0.25) is 0 Å². The van der Waals surface area contributed by atoms with Gasteiger partial charge in [0.15, 0.2) is 4.96 Å². The molecule has 0 saturated heterocycles. The predicted octanol–water partition coefficient (Wildman–Crippen LogP) is 1.29. The van der Waals surface area contributed by atoms with E-state index >= 15 is 0 Å². The van der Waals surface area contributed by atoms with Gasteiger partial charge in [0.1, 0.15) is 4.88 Å². The Morgan fingerprint density at radius 2 is 2.24 bits per heavy atom. The number of hydrogen-bond acceptors (Lipinski definition) is 5. The number of methoxy groups -OCH3 is 1. The third kappa shape index (κ3) is 2.53. The van der Waals surface area contributed by atoms with Crippen LogP contribution in [0.1, 0.15) is 9.67 Å². The lowest BCUT2D eigenvalue weighted by atomic mass is 10.3. The van der Waals surface area contributed by atoms with E-state index in [0.717, 1.165) is 11.0 Å². The molecule has 0 fully saturated rings. The summed E-state index contributed by atoms with van der Waals surface area (Å²) in [7, 11) is 1.56. The lowest BCUT2D eigenvalue weighted by Gasteiger charge is -2.03. The van der Waals surface area contributed by atoms with Gasteiger partial charge in [-0.05, 0) is 12.1 Å². The first kappa shape index (κ1) is 13.7. The Morgan fingerprint density at radius 1 is 1.43 bits per heavy atom. The van der Waals surface area contributed by atoms with Crippen molar-refractivity contribution in [3.63, 3.8) is 0 Å². The molecule has 0 atom stereocenters. The third-order valence-electron chi connectivity index (χ3n) is 3.02. The first-order valence-electron chi connectivity index (χ1n) is 6.39. The fourth-order valence-corrected chi connectivity index (χ4v) is 3.00. The van der Waals surface area contributed by atoms with E-state index in [9.17, 15) is 9.59 Å². The van der Waals surface area contributed by atoms with Crippen LogP contribution in [0.5, 0.6) is 0 Å². The summed E-state index contributed by atoms with van der Waals surface area (Å²) in [6, 6.07) is 8.73. The number of nitrogens with one attached hydrogen (secondary N) is 1. The maximum Gasteiger partial charge on any atom is 0.261 e. The highest BCUT2D eigenvalue weighted by Gasteiger charge is 2.13. The Morgan fingerprint density at radius 3 is 3.05 bits per heavy atom. The van der Waals surface area contributed by atoms with Crippen LogP contribution < -0.4 is 10.9 Å². The van der Waals surface area contributed by atoms with Crippen LogP contribution >= 0.6 is 11.3 Å². The van der Waals surface area contributed by atoms with Crippen molar-refractivity contribution in [2.75, 3.05) is 20.3 Å². The highest BCUT2D eigenvalue weighted by atomic mass is 32.1. The molecule has 0 bridgehead atoms. The fourth-order valence-electron chi connectivity index (χ4n) is 2.06. The average molecular weight is 303 g/mol. The molecular weight excluding hydrogens is 290 g/mol. The Kier molecular flexibility index (Phi) is 3.68. The number of amides is 1. The van der Waals surface area contributed by atoms with E-state index in [4.69, 9.17) is 4.74 Å². The first-order chi connectivity index (χ1) is 10.2. The van der Waals surface area contributed by atoms with E-state index < -0.39 is 0 Å². The summed E-state index contributed by atoms with van der Waals surface area (Å²) in [4.78, 5) is 29.5. The maximum atomic E-state index is 12.2. The van der Waals surface area contributed by atoms with Crippen molar-refractivity contribution in [1.29, 1.82) is 0 Å². The highest BCUT2D eigenvalue weighted by molar-refractivity contribution is 7.18. The molecule has 2 heterocycles. The standard InChI is InChI=1S/C14H13N3O3S/c1-20-7-6-15-13(19)11-8-12(18)17-10-5-3-2-4-9(10)16-14(17)21-11/h2-5,8H,6-7H2,1H3,(H,15,19). The molecule has 0 aliphatic heterocycles. The number of ether oxygens (including phenoxy) is 1. The lowest BCUT2D eigenvalue weighted by Crippen LogP contribution is -2.27. The van der Waals surface area contributed by atoms with Gasteiger partial charge in [-0.15, -0.1) is 0 Å². The van der Waals surface area contributed by atoms with Crippen molar-refractivity contribution in [2.24, 2.45) is 0 Å². The molecule has 3 rings (SSSR count). The van der Waals surface area contributed by atoms with E-state index in [0.29, 0.717) is 23.0 Å². The third-order valence-corrected chi connectivity index (χ3v) is 4.00. The Hall–Kier alpha value is -2.25. The van der Waals surface area contributed by atoms with Crippen molar-refractivity contribution in [3.05, 3.63) is 45.6 Å². The smallest absolute Gasteiger partial charge is 0.261 e. The molecule has 21 heavy (non-hydrogen) atoms. The zero-order chi connectivity index (χ0) is 14.8. The van der Waals surface area contributed by atoms with Crippen LogP contribution in [0.3, 0.4) is 0 Å². The fraction of sp³-hybridized carbons (Fsp3) is 0.214. The van der Waals surface area contributed by atoms with E-state index in [1.165, 1.54) is 21.8 Å². The predicted molar refractivity (Wildman–Crippen MR) is 81.1 cm³/mol. The number of rotatable bonds is 4. The maximum absolute atomic E-state index is 12.2. The molecule has 1 aromatic carbocycles. The normalized spacial score (nSPS) is 11.1. The molecule has 3 aromatic rings. The van der Waals surface area contributed by atoms with Gasteiger partial charge in [0, 0.05) is 19.7 Å². The van der Waals surface area contributed by atoms with Crippen molar-refractivity contribution in [2.45, 2.75) is 0 Å². The zero-order valence-corrected chi connectivity index (χ0v) is 12.1. The van der Waals surface area contributed by atoms with Crippen molar-refractivity contribution in [1.82, 2.24) is 14.7 Å². The van der Waals surface area contributed by atoms with Gasteiger partial charge < -0.3 is 10.1 Å². The second-order valence-corrected chi connectivity index (χ2v) is 5.43. The molecule has 0 radical (unpaired) electrons. The van der Waals surface area contributed by atoms with Gasteiger partial charge in [0.2, 0.25) is 0 Å². The van der Waals surface area contributed by atoms with Crippen LogP contribution in [0.25, 0.3) is 16.0 Å². The van der Waals surface area contributed by atoms with Crippen LogP contribution in [0.4, 0.5) is 0 Å². The number of carbonyl (C=O) groups excluding carboxylic acids is 1. The topological polar surface area (TPSA) is 72.7 Å². The van der Waals surface area contributed by atoms with E-state index in [1.807, 2.05) is 24.3 Å². The first-order valence-corrected chi connectivity index (χ1v) is 7.21. The number of fused-ring (bicyclic) bond motifs is 3. The van der Waals surface area contributed by atoms with E-state index in [2.05, 4.69) is 10.3 Å². The Bertz CT molecular complexity index is 869. The molecule has 0 saturated carbocycles. The number of nitrogens with zero attached hydrogens (tertiary/aromatic N) is 2. The summed E-state index contributed by atoms with van der Waals surface area (Å²) >= 11 is 1.19. The van der Waals surface area contributed by atoms with Crippen LogP contribution in [-0.2, 0) is 4.74 Å². The molecule has 0 aliphatic carbocycles. The number of imidazole rings is 1. The Balaban J connectivity index is 2.05. The van der Waals surface area contributed by atoms with Crippen molar-refractivity contribution >= 4 is 33.2 Å². The molecular formula is C14H13N3O3S. The molecule has 2 aromatic heterocycles. The lowest BCUT2D eigenvalue weighted by molar-refractivity contribution is 0.0941. The van der Waals surface area contributed by atoms with Crippen LogP contribution in [-0.4, -0.2) is 35.6 Å². The zero-order valence-electron chi connectivity index (χ0n) is 11.3. The summed E-state index contributed by atoms with van der Waals surface area (Å²) in [5.41, 5.74) is 1.23. The minimum Gasteiger partial charge on any atom is -0.383 e. The summed E-state index contributed by atoms with van der Waals surface area (Å²) < 4.78 is 6.39. The van der Waals surface area contributed by atoms with Gasteiger partial charge in [-0.3, -0.25) is 14.0 Å². The summed E-state index contributed by atoms with van der Waals surface area (Å²) in [5, 5.41) is 2.70. The van der Waals surface area contributed by atoms with Gasteiger partial charge in [-0.25, -0.2) is 4.98 Å². The molecule has 6 nitrogen and oxygen atoms in total. The molecule has 1 N–H and O–H groups in total. The monoisotopic (exact) mass is 303 g/mol. The van der Waals surface area contributed by atoms with Gasteiger partial charge in [-0.2, -0.15) is 0 Å². The summed E-state index contributed by atoms with van der Waals surface area (Å²) in [5.74, 6) is -0.288. The number of hydrogen-bond donors (Lipinski definition) is 1. The summed E-state index contributed by atoms with van der Waals surface area (Å²) in [6.45, 7) is 0.827. The average Bonchev–Trinajstić information content (AvgIpc) is 2.86. The highest BCUT2D eigenvalue weighted by Crippen LogP contribution is 2.19. The van der Waals surface area contributed by atoms with E-state index in [1.54, 1.807) is 7.11 Å². The minimum absolute atomic E-state index is 0.255. The van der Waals surface area contributed by atoms with Gasteiger partial charge in [0.05, 0.1) is 17.6 Å². The minimum atomic E-state index is -0.288. The number of para-hydroxylation sites is 2. The summed E-state index contributed by atoms with van der Waals surface area (Å²) in [6.07, 6.45) is 0.